The highest BCUT2D eigenvalue weighted by molar-refractivity contribution is 6.33. The first-order chi connectivity index (χ1) is 16.0. The molecule has 4 aromatic rings. The summed E-state index contributed by atoms with van der Waals surface area (Å²) in [5, 5.41) is 6.02. The zero-order valence-corrected chi connectivity index (χ0v) is 19.5. The van der Waals surface area contributed by atoms with E-state index in [1.54, 1.807) is 12.1 Å². The summed E-state index contributed by atoms with van der Waals surface area (Å²) >= 11 is 6.26. The van der Waals surface area contributed by atoms with Crippen LogP contribution in [0.3, 0.4) is 0 Å². The van der Waals surface area contributed by atoms with E-state index in [-0.39, 0.29) is 5.91 Å². The van der Waals surface area contributed by atoms with Crippen LogP contribution in [0.5, 0.6) is 0 Å². The topological polar surface area (TPSA) is 67.2 Å². The first kappa shape index (κ1) is 21.4. The number of carbonyl (C=O) groups is 1. The first-order valence-electron chi connectivity index (χ1n) is 11.1. The van der Waals surface area contributed by atoms with Crippen LogP contribution in [0.25, 0.3) is 16.7 Å². The Morgan fingerprint density at radius 2 is 1.82 bits per heavy atom. The van der Waals surface area contributed by atoms with Gasteiger partial charge in [0, 0.05) is 26.2 Å². The molecule has 2 aromatic heterocycles. The maximum Gasteiger partial charge on any atom is 0.255 e. The average molecular weight is 461 g/mol. The van der Waals surface area contributed by atoms with Crippen LogP contribution in [-0.4, -0.2) is 56.7 Å². The molecule has 1 aliphatic heterocycles. The van der Waals surface area contributed by atoms with E-state index < -0.39 is 0 Å². The number of aryl methyl sites for hydroxylation is 2. The van der Waals surface area contributed by atoms with Crippen molar-refractivity contribution in [1.29, 1.82) is 0 Å². The third kappa shape index (κ3) is 4.16. The molecule has 1 amide bonds. The number of halogens is 1. The zero-order chi connectivity index (χ0) is 22.9. The van der Waals surface area contributed by atoms with Crippen molar-refractivity contribution in [3.8, 4) is 5.69 Å². The summed E-state index contributed by atoms with van der Waals surface area (Å²) in [4.78, 5) is 26.6. The molecular weight excluding hydrogens is 436 g/mol. The smallest absolute Gasteiger partial charge is 0.255 e. The van der Waals surface area contributed by atoms with Crippen molar-refractivity contribution in [3.05, 3.63) is 76.7 Å². The predicted molar refractivity (Wildman–Crippen MR) is 130 cm³/mol. The normalized spacial score (nSPS) is 14.5. The minimum absolute atomic E-state index is 0.0290. The van der Waals surface area contributed by atoms with Gasteiger partial charge in [-0.3, -0.25) is 4.79 Å². The highest BCUT2D eigenvalue weighted by Gasteiger charge is 2.24. The standard InChI is InChI=1S/C25H25ClN6O/c1-17-7-5-8-19(15-17)32-24-21(16-27-32)23(28-18(2)29-24)30-11-6-12-31(14-13-30)25(33)20-9-3-4-10-22(20)26/h3-5,7-10,15-16H,6,11-14H2,1-2H3. The maximum atomic E-state index is 13.1. The van der Waals surface area contributed by atoms with Gasteiger partial charge >= 0.3 is 0 Å². The van der Waals surface area contributed by atoms with Crippen molar-refractivity contribution in [3.63, 3.8) is 0 Å². The summed E-state index contributed by atoms with van der Waals surface area (Å²) in [6.07, 6.45) is 2.68. The van der Waals surface area contributed by atoms with Crippen LogP contribution in [0.1, 0.15) is 28.2 Å². The van der Waals surface area contributed by atoms with Crippen LogP contribution in [0.15, 0.2) is 54.7 Å². The number of amides is 1. The van der Waals surface area contributed by atoms with Gasteiger partial charge in [0.25, 0.3) is 5.91 Å². The molecule has 33 heavy (non-hydrogen) atoms. The van der Waals surface area contributed by atoms with Crippen LogP contribution in [0.4, 0.5) is 5.82 Å². The second-order valence-electron chi connectivity index (χ2n) is 8.34. The highest BCUT2D eigenvalue weighted by atomic mass is 35.5. The number of carbonyl (C=O) groups excluding carboxylic acids is 1. The lowest BCUT2D eigenvalue weighted by Crippen LogP contribution is -2.35. The molecule has 1 fully saturated rings. The largest absolute Gasteiger partial charge is 0.354 e. The summed E-state index contributed by atoms with van der Waals surface area (Å²) in [6, 6.07) is 15.4. The molecular formula is C25H25ClN6O. The van der Waals surface area contributed by atoms with Gasteiger partial charge in [-0.15, -0.1) is 0 Å². The first-order valence-corrected chi connectivity index (χ1v) is 11.5. The lowest BCUT2D eigenvalue weighted by Gasteiger charge is -2.23. The average Bonchev–Trinajstić information content (AvgIpc) is 3.07. The van der Waals surface area contributed by atoms with E-state index in [1.807, 2.05) is 47.0 Å². The van der Waals surface area contributed by atoms with E-state index in [4.69, 9.17) is 21.6 Å². The van der Waals surface area contributed by atoms with Crippen molar-refractivity contribution >= 4 is 34.4 Å². The van der Waals surface area contributed by atoms with E-state index in [0.717, 1.165) is 41.1 Å². The lowest BCUT2D eigenvalue weighted by molar-refractivity contribution is 0.0767. The van der Waals surface area contributed by atoms with Crippen LogP contribution in [0.2, 0.25) is 5.02 Å². The number of hydrogen-bond acceptors (Lipinski definition) is 5. The maximum absolute atomic E-state index is 13.1. The summed E-state index contributed by atoms with van der Waals surface area (Å²) < 4.78 is 1.87. The molecule has 168 valence electrons. The zero-order valence-electron chi connectivity index (χ0n) is 18.7. The van der Waals surface area contributed by atoms with E-state index in [1.165, 1.54) is 0 Å². The third-order valence-corrected chi connectivity index (χ3v) is 6.28. The molecule has 2 aromatic carbocycles. The van der Waals surface area contributed by atoms with Crippen molar-refractivity contribution in [2.24, 2.45) is 0 Å². The van der Waals surface area contributed by atoms with Gasteiger partial charge in [0.15, 0.2) is 5.65 Å². The van der Waals surface area contributed by atoms with Gasteiger partial charge in [0.2, 0.25) is 0 Å². The summed E-state index contributed by atoms with van der Waals surface area (Å²) in [7, 11) is 0. The Morgan fingerprint density at radius 3 is 2.64 bits per heavy atom. The second kappa shape index (κ2) is 8.83. The van der Waals surface area contributed by atoms with Gasteiger partial charge in [0.05, 0.1) is 27.9 Å². The number of hydrogen-bond donors (Lipinski definition) is 0. The molecule has 0 unspecified atom stereocenters. The Bertz CT molecular complexity index is 1330. The van der Waals surface area contributed by atoms with E-state index in [2.05, 4.69) is 29.1 Å². The molecule has 0 bridgehead atoms. The van der Waals surface area contributed by atoms with Crippen molar-refractivity contribution in [2.75, 3.05) is 31.1 Å². The van der Waals surface area contributed by atoms with E-state index in [9.17, 15) is 4.79 Å². The van der Waals surface area contributed by atoms with Gasteiger partial charge in [-0.25, -0.2) is 14.6 Å². The molecule has 0 spiro atoms. The molecule has 0 radical (unpaired) electrons. The van der Waals surface area contributed by atoms with Gasteiger partial charge in [-0.2, -0.15) is 5.10 Å². The molecule has 0 aliphatic carbocycles. The van der Waals surface area contributed by atoms with E-state index in [0.29, 0.717) is 36.0 Å². The number of aromatic nitrogens is 4. The fourth-order valence-electron chi connectivity index (χ4n) is 4.33. The Labute approximate surface area is 197 Å². The third-order valence-electron chi connectivity index (χ3n) is 5.95. The quantitative estimate of drug-likeness (QED) is 0.452. The van der Waals surface area contributed by atoms with Crippen molar-refractivity contribution < 1.29 is 4.79 Å². The second-order valence-corrected chi connectivity index (χ2v) is 8.75. The Balaban J connectivity index is 1.44. The summed E-state index contributed by atoms with van der Waals surface area (Å²) in [6.45, 7) is 6.72. The Kier molecular flexibility index (Phi) is 5.72. The van der Waals surface area contributed by atoms with Gasteiger partial charge < -0.3 is 9.80 Å². The number of rotatable bonds is 3. The lowest BCUT2D eigenvalue weighted by atomic mass is 10.2. The number of nitrogens with zero attached hydrogens (tertiary/aromatic N) is 6. The molecule has 0 atom stereocenters. The minimum Gasteiger partial charge on any atom is -0.354 e. The predicted octanol–water partition coefficient (Wildman–Crippen LogP) is 4.44. The molecule has 8 heteroatoms. The number of anilines is 1. The van der Waals surface area contributed by atoms with Crippen LogP contribution >= 0.6 is 11.6 Å². The summed E-state index contributed by atoms with van der Waals surface area (Å²) in [5.41, 5.74) is 3.48. The van der Waals surface area contributed by atoms with Crippen LogP contribution < -0.4 is 4.90 Å². The minimum atomic E-state index is -0.0290. The molecule has 5 rings (SSSR count). The van der Waals surface area contributed by atoms with Gasteiger partial charge in [-0.1, -0.05) is 35.9 Å². The molecule has 0 saturated carbocycles. The SMILES string of the molecule is Cc1cccc(-n2ncc3c(N4CCCN(C(=O)c5ccccc5Cl)CC4)nc(C)nc32)c1. The van der Waals surface area contributed by atoms with Gasteiger partial charge in [0.1, 0.15) is 11.6 Å². The monoisotopic (exact) mass is 460 g/mol. The Hall–Kier alpha value is -3.45. The van der Waals surface area contributed by atoms with Gasteiger partial charge in [-0.05, 0) is 50.1 Å². The molecule has 0 N–H and O–H groups in total. The van der Waals surface area contributed by atoms with Crippen molar-refractivity contribution in [2.45, 2.75) is 20.3 Å². The Morgan fingerprint density at radius 1 is 0.970 bits per heavy atom. The van der Waals surface area contributed by atoms with Crippen molar-refractivity contribution in [1.82, 2.24) is 24.6 Å². The highest BCUT2D eigenvalue weighted by Crippen LogP contribution is 2.27. The molecule has 7 nitrogen and oxygen atoms in total. The summed E-state index contributed by atoms with van der Waals surface area (Å²) in [5.74, 6) is 1.53. The number of fused-ring (bicyclic) bond motifs is 1. The van der Waals surface area contributed by atoms with Crippen LogP contribution in [0, 0.1) is 13.8 Å². The fraction of sp³-hybridized carbons (Fsp3) is 0.280. The molecule has 3 heterocycles. The fourth-order valence-corrected chi connectivity index (χ4v) is 4.54. The van der Waals surface area contributed by atoms with Crippen LogP contribution in [-0.2, 0) is 0 Å². The van der Waals surface area contributed by atoms with E-state index >= 15 is 0 Å². The molecule has 1 aliphatic rings. The molecule has 1 saturated heterocycles. The number of benzene rings is 2.